The lowest BCUT2D eigenvalue weighted by Gasteiger charge is -2.21. The number of carbonyl (C=O) groups excluding carboxylic acids is 1. The van der Waals surface area contributed by atoms with Gasteiger partial charge >= 0.3 is 0 Å². The van der Waals surface area contributed by atoms with Crippen LogP contribution in [0.15, 0.2) is 36.4 Å². The molecular formula is C12H12O3. The number of aliphatic hydroxyl groups is 1. The Hall–Kier alpha value is -1.45. The predicted octanol–water partition coefficient (Wildman–Crippen LogP) is 1.51. The Morgan fingerprint density at radius 3 is 2.60 bits per heavy atom. The Bertz CT molecular complexity index is 392. The van der Waals surface area contributed by atoms with Gasteiger partial charge in [-0.05, 0) is 24.6 Å². The molecule has 15 heavy (non-hydrogen) atoms. The lowest BCUT2D eigenvalue weighted by Crippen LogP contribution is -2.24. The van der Waals surface area contributed by atoms with Crippen LogP contribution in [0.2, 0.25) is 0 Å². The van der Waals surface area contributed by atoms with Crippen LogP contribution in [-0.4, -0.2) is 17.2 Å². The normalized spacial score (nSPS) is 25.6. The molecule has 1 aliphatic rings. The van der Waals surface area contributed by atoms with E-state index in [0.29, 0.717) is 0 Å². The van der Waals surface area contributed by atoms with Crippen molar-refractivity contribution in [2.75, 3.05) is 0 Å². The fourth-order valence-corrected chi connectivity index (χ4v) is 1.50. The molecule has 1 aromatic rings. The SMILES string of the molecule is Cc1ccc(C2OC(O)C=CC2=O)cc1. The topological polar surface area (TPSA) is 46.5 Å². The van der Waals surface area contributed by atoms with Gasteiger partial charge in [0.1, 0.15) is 6.10 Å². The summed E-state index contributed by atoms with van der Waals surface area (Å²) in [5, 5.41) is 9.25. The van der Waals surface area contributed by atoms with Crippen LogP contribution >= 0.6 is 0 Å². The lowest BCUT2D eigenvalue weighted by atomic mass is 10.0. The zero-order valence-corrected chi connectivity index (χ0v) is 8.38. The Kier molecular flexibility index (Phi) is 2.66. The van der Waals surface area contributed by atoms with Crippen LogP contribution in [0.5, 0.6) is 0 Å². The molecule has 2 atom stereocenters. The van der Waals surface area contributed by atoms with Gasteiger partial charge in [0.2, 0.25) is 0 Å². The average molecular weight is 204 g/mol. The van der Waals surface area contributed by atoms with Crippen molar-refractivity contribution >= 4 is 5.78 Å². The highest BCUT2D eigenvalue weighted by Crippen LogP contribution is 2.24. The van der Waals surface area contributed by atoms with Crippen molar-refractivity contribution in [3.63, 3.8) is 0 Å². The summed E-state index contributed by atoms with van der Waals surface area (Å²) in [4.78, 5) is 11.5. The Labute approximate surface area is 88.0 Å². The highest BCUT2D eigenvalue weighted by molar-refractivity contribution is 5.95. The summed E-state index contributed by atoms with van der Waals surface area (Å²) >= 11 is 0. The van der Waals surface area contributed by atoms with Crippen molar-refractivity contribution in [3.05, 3.63) is 47.5 Å². The fraction of sp³-hybridized carbons (Fsp3) is 0.250. The van der Waals surface area contributed by atoms with E-state index in [2.05, 4.69) is 0 Å². The van der Waals surface area contributed by atoms with E-state index in [-0.39, 0.29) is 5.78 Å². The van der Waals surface area contributed by atoms with Crippen LogP contribution in [0.25, 0.3) is 0 Å². The number of rotatable bonds is 1. The van der Waals surface area contributed by atoms with E-state index in [1.54, 1.807) is 0 Å². The van der Waals surface area contributed by atoms with E-state index in [4.69, 9.17) is 4.74 Å². The molecule has 0 radical (unpaired) electrons. The van der Waals surface area contributed by atoms with Crippen molar-refractivity contribution in [1.82, 2.24) is 0 Å². The van der Waals surface area contributed by atoms with Gasteiger partial charge < -0.3 is 9.84 Å². The molecule has 0 aromatic heterocycles. The van der Waals surface area contributed by atoms with Gasteiger partial charge in [0, 0.05) is 0 Å². The second-order valence-corrected chi connectivity index (χ2v) is 3.58. The third-order valence-electron chi connectivity index (χ3n) is 2.34. The summed E-state index contributed by atoms with van der Waals surface area (Å²) in [5.41, 5.74) is 1.90. The molecule has 1 heterocycles. The minimum Gasteiger partial charge on any atom is -0.365 e. The molecule has 1 N–H and O–H groups in total. The molecule has 1 aromatic carbocycles. The van der Waals surface area contributed by atoms with E-state index in [9.17, 15) is 9.90 Å². The predicted molar refractivity (Wildman–Crippen MR) is 55.2 cm³/mol. The van der Waals surface area contributed by atoms with Crippen molar-refractivity contribution in [2.24, 2.45) is 0 Å². The largest absolute Gasteiger partial charge is 0.365 e. The molecule has 2 rings (SSSR count). The number of aryl methyl sites for hydroxylation is 1. The second kappa shape index (κ2) is 3.96. The third-order valence-corrected chi connectivity index (χ3v) is 2.34. The van der Waals surface area contributed by atoms with E-state index in [1.165, 1.54) is 12.2 Å². The quantitative estimate of drug-likeness (QED) is 0.754. The molecule has 0 fully saturated rings. The van der Waals surface area contributed by atoms with Gasteiger partial charge in [-0.25, -0.2) is 0 Å². The zero-order chi connectivity index (χ0) is 10.8. The van der Waals surface area contributed by atoms with Crippen LogP contribution in [0.4, 0.5) is 0 Å². The van der Waals surface area contributed by atoms with E-state index < -0.39 is 12.4 Å². The number of benzene rings is 1. The van der Waals surface area contributed by atoms with Crippen molar-refractivity contribution in [1.29, 1.82) is 0 Å². The van der Waals surface area contributed by atoms with E-state index in [1.807, 2.05) is 31.2 Å². The molecule has 0 saturated heterocycles. The maximum absolute atomic E-state index is 11.5. The number of carbonyl (C=O) groups is 1. The summed E-state index contributed by atoms with van der Waals surface area (Å²) in [7, 11) is 0. The lowest BCUT2D eigenvalue weighted by molar-refractivity contribution is -0.149. The van der Waals surface area contributed by atoms with Crippen molar-refractivity contribution in [2.45, 2.75) is 19.3 Å². The molecular weight excluding hydrogens is 192 g/mol. The van der Waals surface area contributed by atoms with Crippen LogP contribution in [0.3, 0.4) is 0 Å². The molecule has 0 aliphatic carbocycles. The zero-order valence-electron chi connectivity index (χ0n) is 8.38. The summed E-state index contributed by atoms with van der Waals surface area (Å²) in [6, 6.07) is 7.50. The molecule has 2 unspecified atom stereocenters. The minimum absolute atomic E-state index is 0.135. The summed E-state index contributed by atoms with van der Waals surface area (Å²) in [5.74, 6) is -0.135. The van der Waals surface area contributed by atoms with Gasteiger partial charge in [0.05, 0.1) is 0 Å². The number of aliphatic hydroxyl groups excluding tert-OH is 1. The smallest absolute Gasteiger partial charge is 0.188 e. The van der Waals surface area contributed by atoms with Crippen molar-refractivity contribution < 1.29 is 14.6 Å². The first-order valence-corrected chi connectivity index (χ1v) is 4.79. The molecule has 0 bridgehead atoms. The fourth-order valence-electron chi connectivity index (χ4n) is 1.50. The Balaban J connectivity index is 2.27. The summed E-state index contributed by atoms with van der Waals surface area (Å²) < 4.78 is 5.14. The molecule has 1 aliphatic heterocycles. The molecule has 0 amide bonds. The van der Waals surface area contributed by atoms with Crippen LogP contribution < -0.4 is 0 Å². The highest BCUT2D eigenvalue weighted by Gasteiger charge is 2.25. The number of hydrogen-bond acceptors (Lipinski definition) is 3. The summed E-state index contributed by atoms with van der Waals surface area (Å²) in [6.45, 7) is 1.97. The molecule has 0 spiro atoms. The third kappa shape index (κ3) is 2.14. The average Bonchev–Trinajstić information content (AvgIpc) is 2.23. The minimum atomic E-state index is -0.992. The first kappa shape index (κ1) is 10.1. The molecule has 0 saturated carbocycles. The number of ketones is 1. The van der Waals surface area contributed by atoms with E-state index in [0.717, 1.165) is 11.1 Å². The van der Waals surface area contributed by atoms with Gasteiger partial charge in [-0.2, -0.15) is 0 Å². The Morgan fingerprint density at radius 1 is 1.27 bits per heavy atom. The second-order valence-electron chi connectivity index (χ2n) is 3.58. The molecule has 3 nitrogen and oxygen atoms in total. The first-order chi connectivity index (χ1) is 7.16. The van der Waals surface area contributed by atoms with Crippen LogP contribution in [-0.2, 0) is 9.53 Å². The maximum Gasteiger partial charge on any atom is 0.188 e. The van der Waals surface area contributed by atoms with Gasteiger partial charge in [-0.15, -0.1) is 0 Å². The van der Waals surface area contributed by atoms with Gasteiger partial charge in [-0.1, -0.05) is 29.8 Å². The molecule has 3 heteroatoms. The van der Waals surface area contributed by atoms with E-state index >= 15 is 0 Å². The van der Waals surface area contributed by atoms with Crippen LogP contribution in [0, 0.1) is 6.92 Å². The van der Waals surface area contributed by atoms with Gasteiger partial charge in [0.25, 0.3) is 0 Å². The summed E-state index contributed by atoms with van der Waals surface area (Å²) in [6.07, 6.45) is 1.03. The maximum atomic E-state index is 11.5. The number of hydrogen-bond donors (Lipinski definition) is 1. The van der Waals surface area contributed by atoms with Gasteiger partial charge in [-0.3, -0.25) is 4.79 Å². The first-order valence-electron chi connectivity index (χ1n) is 4.79. The standard InChI is InChI=1S/C12H12O3/c1-8-2-4-9(5-3-8)12-10(13)6-7-11(14)15-12/h2-7,11-12,14H,1H3. The molecule has 78 valence electrons. The Morgan fingerprint density at radius 2 is 1.93 bits per heavy atom. The van der Waals surface area contributed by atoms with Gasteiger partial charge in [0.15, 0.2) is 12.1 Å². The monoisotopic (exact) mass is 204 g/mol. The highest BCUT2D eigenvalue weighted by atomic mass is 16.6. The van der Waals surface area contributed by atoms with Crippen molar-refractivity contribution in [3.8, 4) is 0 Å². The van der Waals surface area contributed by atoms with Crippen LogP contribution in [0.1, 0.15) is 17.2 Å². The number of ether oxygens (including phenoxy) is 1.